The highest BCUT2D eigenvalue weighted by atomic mass is 28.4. The van der Waals surface area contributed by atoms with Crippen molar-refractivity contribution in [3.8, 4) is 12.3 Å². The molecule has 5 unspecified atom stereocenters. The molecule has 5 atom stereocenters. The maximum absolute atomic E-state index is 15.1. The Balaban J connectivity index is 3.51. The summed E-state index contributed by atoms with van der Waals surface area (Å²) in [6, 6.07) is 6.00. The van der Waals surface area contributed by atoms with Crippen LogP contribution in [0.15, 0.2) is 41.6 Å². The molecule has 58 heavy (non-hydrogen) atoms. The predicted molar refractivity (Wildman–Crippen MR) is 257 cm³/mol. The lowest BCUT2D eigenvalue weighted by Crippen LogP contribution is -2.54. The van der Waals surface area contributed by atoms with Crippen LogP contribution < -0.4 is 0 Å². The zero-order valence-corrected chi connectivity index (χ0v) is 43.9. The average molecular weight is 854 g/mol. The smallest absolute Gasteiger partial charge is 0.192 e. The number of aromatic nitrogens is 1. The molecule has 6 nitrogen and oxygen atoms in total. The number of carbonyl (C=O) groups excluding carboxylic acids is 2. The molecule has 0 aromatic carbocycles. The zero-order valence-electron chi connectivity index (χ0n) is 40.9. The third-order valence-corrected chi connectivity index (χ3v) is 27.3. The molecular weight excluding hydrogens is 767 g/mol. The van der Waals surface area contributed by atoms with Gasteiger partial charge in [-0.15, -0.1) is 12.3 Å². The van der Waals surface area contributed by atoms with Crippen molar-refractivity contribution in [1.29, 1.82) is 0 Å². The minimum absolute atomic E-state index is 0.0333. The van der Waals surface area contributed by atoms with E-state index in [1.54, 1.807) is 0 Å². The summed E-state index contributed by atoms with van der Waals surface area (Å²) in [7, 11) is -6.67. The molecule has 1 aromatic heterocycles. The standard InChI is InChI=1S/C49H87NO5Si3/c1-22-23-30-41(45(52)49(14,15)43(33-35-51)54-57(18,19)47(8,9)10)44(55-58(20,21)48(11,12)13)38(3)28-26-27-37(2)31-32-42(53-56(16,17)46(5,6)7)39(4)36-40-29-24-25-34-50-40/h1,24-25,29,31,34-36,38,41-44H,23,26-28,30,32-33H2,2-21H3. The van der Waals surface area contributed by atoms with Crippen LogP contribution in [0.3, 0.4) is 0 Å². The highest BCUT2D eigenvalue weighted by Crippen LogP contribution is 2.45. The summed E-state index contributed by atoms with van der Waals surface area (Å²) in [5, 5.41) is -0.0213. The second-order valence-electron chi connectivity index (χ2n) is 22.2. The molecule has 0 aliphatic rings. The van der Waals surface area contributed by atoms with Crippen LogP contribution in [0.25, 0.3) is 6.08 Å². The lowest BCUT2D eigenvalue weighted by molar-refractivity contribution is -0.142. The van der Waals surface area contributed by atoms with E-state index in [0.717, 1.165) is 37.7 Å². The largest absolute Gasteiger partial charge is 0.413 e. The summed E-state index contributed by atoms with van der Waals surface area (Å²) in [4.78, 5) is 31.8. The molecule has 0 amide bonds. The lowest BCUT2D eigenvalue weighted by atomic mass is 9.71. The Morgan fingerprint density at radius 1 is 0.810 bits per heavy atom. The van der Waals surface area contributed by atoms with Crippen molar-refractivity contribution < 1.29 is 22.9 Å². The lowest BCUT2D eigenvalue weighted by Gasteiger charge is -2.47. The molecule has 0 bridgehead atoms. The van der Waals surface area contributed by atoms with E-state index in [2.05, 4.69) is 145 Å². The normalized spacial score (nSPS) is 16.9. The Morgan fingerprint density at radius 3 is 1.83 bits per heavy atom. The van der Waals surface area contributed by atoms with Gasteiger partial charge in [-0.25, -0.2) is 0 Å². The van der Waals surface area contributed by atoms with Gasteiger partial charge in [0.05, 0.1) is 24.0 Å². The van der Waals surface area contributed by atoms with Crippen LogP contribution in [-0.4, -0.2) is 60.3 Å². The van der Waals surface area contributed by atoms with Crippen LogP contribution in [0.4, 0.5) is 0 Å². The number of terminal acetylenes is 1. The minimum Gasteiger partial charge on any atom is -0.413 e. The Morgan fingerprint density at radius 2 is 1.34 bits per heavy atom. The highest BCUT2D eigenvalue weighted by molar-refractivity contribution is 6.75. The summed E-state index contributed by atoms with van der Waals surface area (Å²) in [6.07, 6.45) is 17.1. The van der Waals surface area contributed by atoms with Gasteiger partial charge < -0.3 is 18.1 Å². The number of rotatable bonds is 23. The van der Waals surface area contributed by atoms with Crippen LogP contribution in [0.5, 0.6) is 0 Å². The van der Waals surface area contributed by atoms with Crippen molar-refractivity contribution >= 4 is 43.1 Å². The van der Waals surface area contributed by atoms with Gasteiger partial charge >= 0.3 is 0 Å². The van der Waals surface area contributed by atoms with E-state index in [4.69, 9.17) is 19.7 Å². The van der Waals surface area contributed by atoms with Crippen molar-refractivity contribution in [3.05, 3.63) is 47.3 Å². The molecule has 0 aliphatic carbocycles. The van der Waals surface area contributed by atoms with Gasteiger partial charge in [0.25, 0.3) is 0 Å². The average Bonchev–Trinajstić information content (AvgIpc) is 3.08. The second kappa shape index (κ2) is 21.7. The van der Waals surface area contributed by atoms with Crippen LogP contribution >= 0.6 is 0 Å². The molecule has 0 radical (unpaired) electrons. The SMILES string of the molecule is C#CCCC(C(=O)C(C)(C)C(CC=O)O[Si](C)(C)C(C)(C)C)C(O[Si](C)(C)C(C)(C)C)C(C)CCCC(C)=CCC(O[Si](C)(C)C(C)(C)C)C(C)=Cc1ccccn1. The Labute approximate surface area is 361 Å². The molecule has 1 rings (SSSR count). The third kappa shape index (κ3) is 15.8. The zero-order chi connectivity index (χ0) is 45.1. The molecule has 0 fully saturated rings. The Kier molecular flexibility index (Phi) is 20.3. The maximum Gasteiger partial charge on any atom is 0.192 e. The van der Waals surface area contributed by atoms with E-state index in [1.165, 1.54) is 11.1 Å². The van der Waals surface area contributed by atoms with Crippen LogP contribution in [0.2, 0.25) is 54.4 Å². The predicted octanol–water partition coefficient (Wildman–Crippen LogP) is 14.0. The summed E-state index contributed by atoms with van der Waals surface area (Å²) in [6.45, 7) is 44.3. The van der Waals surface area contributed by atoms with Crippen LogP contribution in [0.1, 0.15) is 148 Å². The second-order valence-corrected chi connectivity index (χ2v) is 36.5. The number of pyridine rings is 1. The number of hydrogen-bond donors (Lipinski definition) is 0. The number of allylic oxidation sites excluding steroid dienone is 1. The fourth-order valence-electron chi connectivity index (χ4n) is 6.47. The number of ketones is 1. The van der Waals surface area contributed by atoms with Crippen molar-refractivity contribution in [2.75, 3.05) is 0 Å². The number of nitrogens with zero attached hydrogens (tertiary/aromatic N) is 1. The van der Waals surface area contributed by atoms with E-state index >= 15 is 4.79 Å². The summed E-state index contributed by atoms with van der Waals surface area (Å²) in [5.41, 5.74) is 2.54. The Bertz CT molecular complexity index is 1550. The minimum atomic E-state index is -2.32. The van der Waals surface area contributed by atoms with Gasteiger partial charge in [0.15, 0.2) is 25.0 Å². The van der Waals surface area contributed by atoms with E-state index in [-0.39, 0.29) is 45.4 Å². The van der Waals surface area contributed by atoms with Gasteiger partial charge in [0, 0.05) is 30.4 Å². The van der Waals surface area contributed by atoms with Gasteiger partial charge in [-0.3, -0.25) is 9.78 Å². The molecule has 0 aliphatic heterocycles. The van der Waals surface area contributed by atoms with Gasteiger partial charge in [-0.05, 0) is 130 Å². The van der Waals surface area contributed by atoms with Crippen molar-refractivity contribution in [1.82, 2.24) is 4.98 Å². The fourth-order valence-corrected chi connectivity index (χ4v) is 10.7. The van der Waals surface area contributed by atoms with E-state index in [0.29, 0.717) is 12.8 Å². The summed E-state index contributed by atoms with van der Waals surface area (Å²) in [5.74, 6) is 2.59. The van der Waals surface area contributed by atoms with E-state index in [1.807, 2.05) is 38.2 Å². The highest BCUT2D eigenvalue weighted by Gasteiger charge is 2.50. The molecule has 9 heteroatoms. The molecule has 330 valence electrons. The van der Waals surface area contributed by atoms with Gasteiger partial charge in [-0.1, -0.05) is 101 Å². The van der Waals surface area contributed by atoms with Crippen molar-refractivity contribution in [2.24, 2.45) is 17.3 Å². The molecule has 1 heterocycles. The summed E-state index contributed by atoms with van der Waals surface area (Å²) < 4.78 is 21.3. The Hall–Kier alpha value is -1.94. The topological polar surface area (TPSA) is 74.7 Å². The quantitative estimate of drug-likeness (QED) is 0.0472. The third-order valence-electron chi connectivity index (χ3n) is 13.8. The van der Waals surface area contributed by atoms with E-state index < -0.39 is 42.4 Å². The molecule has 0 saturated heterocycles. The fraction of sp³-hybridized carbons (Fsp3) is 0.735. The monoisotopic (exact) mass is 854 g/mol. The number of Topliss-reactive ketones (excluding diaryl/α,β-unsaturated/α-hetero) is 1. The van der Waals surface area contributed by atoms with Gasteiger partial charge in [-0.2, -0.15) is 0 Å². The number of carbonyl (C=O) groups is 2. The number of aldehydes is 1. The first-order chi connectivity index (χ1) is 26.3. The molecule has 0 N–H and O–H groups in total. The van der Waals surface area contributed by atoms with Gasteiger partial charge in [0.2, 0.25) is 0 Å². The molecule has 0 spiro atoms. The van der Waals surface area contributed by atoms with E-state index in [9.17, 15) is 4.79 Å². The first-order valence-electron chi connectivity index (χ1n) is 22.0. The maximum atomic E-state index is 15.1. The van der Waals surface area contributed by atoms with Crippen LogP contribution in [0, 0.1) is 29.6 Å². The van der Waals surface area contributed by atoms with Crippen LogP contribution in [-0.2, 0) is 22.9 Å². The van der Waals surface area contributed by atoms with Crippen molar-refractivity contribution in [3.63, 3.8) is 0 Å². The molecular formula is C49H87NO5Si3. The number of hydrogen-bond acceptors (Lipinski definition) is 6. The summed E-state index contributed by atoms with van der Waals surface area (Å²) >= 11 is 0. The van der Waals surface area contributed by atoms with Gasteiger partial charge in [0.1, 0.15) is 12.1 Å². The van der Waals surface area contributed by atoms with Crippen molar-refractivity contribution in [2.45, 2.75) is 215 Å². The first-order valence-corrected chi connectivity index (χ1v) is 30.7. The molecule has 0 saturated carbocycles. The molecule has 1 aromatic rings. The first kappa shape index (κ1) is 54.1.